The fourth-order valence-electron chi connectivity index (χ4n) is 2.06. The van der Waals surface area contributed by atoms with Gasteiger partial charge < -0.3 is 10.5 Å². The third-order valence-electron chi connectivity index (χ3n) is 3.17. The molecule has 1 aromatic carbocycles. The second-order valence-corrected chi connectivity index (χ2v) is 5.38. The minimum Gasteiger partial charge on any atom is -0.379 e. The lowest BCUT2D eigenvalue weighted by Gasteiger charge is -2.31. The number of benzene rings is 1. The summed E-state index contributed by atoms with van der Waals surface area (Å²) in [4.78, 5) is 0. The Bertz CT molecular complexity index is 394. The number of aryl methyl sites for hydroxylation is 1. The molecular weight excluding hydrogens is 294 g/mol. The van der Waals surface area contributed by atoms with Crippen molar-refractivity contribution in [3.8, 4) is 0 Å². The molecule has 4 nitrogen and oxygen atoms in total. The molecule has 1 aliphatic heterocycles. The summed E-state index contributed by atoms with van der Waals surface area (Å²) >= 11 is 3.52. The third kappa shape index (κ3) is 3.52. The van der Waals surface area contributed by atoms with Gasteiger partial charge in [-0.25, -0.2) is 10.4 Å². The van der Waals surface area contributed by atoms with Crippen molar-refractivity contribution in [1.29, 1.82) is 0 Å². The second kappa shape index (κ2) is 6.63. The van der Waals surface area contributed by atoms with Crippen LogP contribution in [0.25, 0.3) is 0 Å². The molecule has 1 heterocycles. The Hall–Kier alpha value is -0.460. The van der Waals surface area contributed by atoms with Crippen LogP contribution < -0.4 is 11.2 Å². The molecule has 18 heavy (non-hydrogen) atoms. The van der Waals surface area contributed by atoms with Crippen LogP contribution in [0.15, 0.2) is 22.7 Å². The minimum absolute atomic E-state index is 0.162. The number of ether oxygens (including phenoxy) is 1. The molecule has 0 saturated carbocycles. The second-order valence-electron chi connectivity index (χ2n) is 4.53. The van der Waals surface area contributed by atoms with Crippen molar-refractivity contribution in [2.75, 3.05) is 32.8 Å². The Kier molecular flexibility index (Phi) is 5.14. The van der Waals surface area contributed by atoms with Crippen LogP contribution >= 0.6 is 15.9 Å². The average Bonchev–Trinajstić information content (AvgIpc) is 2.40. The zero-order valence-electron chi connectivity index (χ0n) is 10.7. The van der Waals surface area contributed by atoms with E-state index in [1.54, 1.807) is 0 Å². The zero-order chi connectivity index (χ0) is 13.0. The summed E-state index contributed by atoms with van der Waals surface area (Å²) in [5.41, 5.74) is 11.8. The topological polar surface area (TPSA) is 50.5 Å². The van der Waals surface area contributed by atoms with Crippen LogP contribution in [-0.2, 0) is 4.74 Å². The van der Waals surface area contributed by atoms with E-state index in [1.165, 1.54) is 11.1 Å². The molecule has 0 aliphatic carbocycles. The van der Waals surface area contributed by atoms with Crippen LogP contribution in [0.2, 0.25) is 0 Å². The van der Waals surface area contributed by atoms with Crippen LogP contribution in [-0.4, -0.2) is 37.9 Å². The van der Waals surface area contributed by atoms with Crippen molar-refractivity contribution in [1.82, 2.24) is 10.4 Å². The number of nitrogens with two attached hydrogens (primary N) is 1. The maximum absolute atomic E-state index is 5.88. The van der Waals surface area contributed by atoms with Gasteiger partial charge >= 0.3 is 0 Å². The summed E-state index contributed by atoms with van der Waals surface area (Å²) in [6, 6.07) is 6.53. The van der Waals surface area contributed by atoms with Crippen molar-refractivity contribution in [2.24, 2.45) is 5.73 Å². The maximum Gasteiger partial charge on any atom is 0.0608 e. The van der Waals surface area contributed by atoms with Crippen LogP contribution in [0.1, 0.15) is 17.2 Å². The van der Waals surface area contributed by atoms with Gasteiger partial charge in [0.2, 0.25) is 0 Å². The number of nitrogens with zero attached hydrogens (tertiary/aromatic N) is 1. The molecule has 1 aliphatic rings. The van der Waals surface area contributed by atoms with E-state index in [4.69, 9.17) is 10.5 Å². The first-order chi connectivity index (χ1) is 8.70. The van der Waals surface area contributed by atoms with E-state index in [9.17, 15) is 0 Å². The number of halogens is 1. The van der Waals surface area contributed by atoms with Gasteiger partial charge in [-0.05, 0) is 24.1 Å². The van der Waals surface area contributed by atoms with Gasteiger partial charge in [0.05, 0.1) is 19.3 Å². The molecule has 0 radical (unpaired) electrons. The fourth-order valence-corrected chi connectivity index (χ4v) is 2.31. The number of rotatable bonds is 4. The molecule has 0 amide bonds. The van der Waals surface area contributed by atoms with E-state index in [0.29, 0.717) is 6.54 Å². The highest BCUT2D eigenvalue weighted by Gasteiger charge is 2.16. The predicted molar refractivity (Wildman–Crippen MR) is 76.2 cm³/mol. The SMILES string of the molecule is Cc1cc(C(CN)NN2CCOCC2)ccc1Br. The lowest BCUT2D eigenvalue weighted by molar-refractivity contribution is 0.00404. The van der Waals surface area contributed by atoms with E-state index in [-0.39, 0.29) is 6.04 Å². The van der Waals surface area contributed by atoms with Crippen molar-refractivity contribution >= 4 is 15.9 Å². The van der Waals surface area contributed by atoms with Gasteiger partial charge in [-0.1, -0.05) is 28.1 Å². The van der Waals surface area contributed by atoms with Crippen molar-refractivity contribution in [3.63, 3.8) is 0 Å². The Morgan fingerprint density at radius 2 is 2.17 bits per heavy atom. The van der Waals surface area contributed by atoms with Crippen LogP contribution in [0.5, 0.6) is 0 Å². The van der Waals surface area contributed by atoms with Gasteiger partial charge in [-0.15, -0.1) is 0 Å². The summed E-state index contributed by atoms with van der Waals surface area (Å²) in [5, 5.41) is 2.19. The molecule has 0 spiro atoms. The average molecular weight is 314 g/mol. The zero-order valence-corrected chi connectivity index (χ0v) is 12.2. The van der Waals surface area contributed by atoms with E-state index < -0.39 is 0 Å². The van der Waals surface area contributed by atoms with Crippen LogP contribution in [0.3, 0.4) is 0 Å². The van der Waals surface area contributed by atoms with Gasteiger partial charge in [0.25, 0.3) is 0 Å². The highest BCUT2D eigenvalue weighted by Crippen LogP contribution is 2.21. The van der Waals surface area contributed by atoms with Gasteiger partial charge in [0.1, 0.15) is 0 Å². The predicted octanol–water partition coefficient (Wildman–Crippen LogP) is 1.59. The Labute approximate surface area is 117 Å². The lowest BCUT2D eigenvalue weighted by atomic mass is 10.1. The van der Waals surface area contributed by atoms with E-state index >= 15 is 0 Å². The first-order valence-corrected chi connectivity index (χ1v) is 7.05. The Balaban J connectivity index is 2.04. The van der Waals surface area contributed by atoms with Gasteiger partial charge in [0, 0.05) is 24.1 Å². The lowest BCUT2D eigenvalue weighted by Crippen LogP contribution is -2.48. The minimum atomic E-state index is 0.162. The molecule has 100 valence electrons. The standard InChI is InChI=1S/C13H20BrN3O/c1-10-8-11(2-3-12(10)14)13(9-15)16-17-4-6-18-7-5-17/h2-3,8,13,16H,4-7,9,15H2,1H3. The smallest absolute Gasteiger partial charge is 0.0608 e. The number of hydrogen-bond donors (Lipinski definition) is 2. The number of morpholine rings is 1. The molecular formula is C13H20BrN3O. The van der Waals surface area contributed by atoms with Crippen molar-refractivity contribution in [3.05, 3.63) is 33.8 Å². The highest BCUT2D eigenvalue weighted by atomic mass is 79.9. The number of hydrogen-bond acceptors (Lipinski definition) is 4. The molecule has 1 saturated heterocycles. The molecule has 1 atom stereocenters. The largest absolute Gasteiger partial charge is 0.379 e. The Morgan fingerprint density at radius 3 is 2.78 bits per heavy atom. The molecule has 0 aromatic heterocycles. The normalized spacial score (nSPS) is 18.8. The van der Waals surface area contributed by atoms with Crippen molar-refractivity contribution < 1.29 is 4.74 Å². The molecule has 1 unspecified atom stereocenters. The fraction of sp³-hybridized carbons (Fsp3) is 0.538. The monoisotopic (exact) mass is 313 g/mol. The molecule has 1 fully saturated rings. The first-order valence-electron chi connectivity index (χ1n) is 6.25. The van der Waals surface area contributed by atoms with Gasteiger partial charge in [-0.2, -0.15) is 0 Å². The maximum atomic E-state index is 5.88. The van der Waals surface area contributed by atoms with E-state index in [0.717, 1.165) is 30.8 Å². The summed E-state index contributed by atoms with van der Waals surface area (Å²) in [6.07, 6.45) is 0. The third-order valence-corrected chi connectivity index (χ3v) is 4.06. The van der Waals surface area contributed by atoms with E-state index in [1.807, 2.05) is 0 Å². The Morgan fingerprint density at radius 1 is 1.44 bits per heavy atom. The molecule has 3 N–H and O–H groups in total. The van der Waals surface area contributed by atoms with E-state index in [2.05, 4.69) is 51.5 Å². The summed E-state index contributed by atoms with van der Waals surface area (Å²) in [6.45, 7) is 6.06. The first kappa shape index (κ1) is 14.0. The summed E-state index contributed by atoms with van der Waals surface area (Å²) < 4.78 is 6.47. The molecule has 0 bridgehead atoms. The van der Waals surface area contributed by atoms with Gasteiger partial charge in [0.15, 0.2) is 0 Å². The quantitative estimate of drug-likeness (QED) is 0.886. The van der Waals surface area contributed by atoms with Crippen LogP contribution in [0.4, 0.5) is 0 Å². The van der Waals surface area contributed by atoms with Gasteiger partial charge in [-0.3, -0.25) is 0 Å². The van der Waals surface area contributed by atoms with Crippen molar-refractivity contribution in [2.45, 2.75) is 13.0 Å². The number of nitrogens with one attached hydrogen (secondary N) is 1. The molecule has 1 aromatic rings. The highest BCUT2D eigenvalue weighted by molar-refractivity contribution is 9.10. The summed E-state index contributed by atoms with van der Waals surface area (Å²) in [5.74, 6) is 0. The molecule has 5 heteroatoms. The molecule has 2 rings (SSSR count). The summed E-state index contributed by atoms with van der Waals surface area (Å²) in [7, 11) is 0. The number of hydrazine groups is 1. The van der Waals surface area contributed by atoms with Crippen LogP contribution in [0, 0.1) is 6.92 Å².